The molecule has 0 aliphatic heterocycles. The van der Waals surface area contributed by atoms with Gasteiger partial charge >= 0.3 is 0 Å². The second kappa shape index (κ2) is 6.88. The van der Waals surface area contributed by atoms with Crippen LogP contribution in [-0.4, -0.2) is 28.0 Å². The molecule has 0 atom stereocenters. The van der Waals surface area contributed by atoms with Gasteiger partial charge in [-0.3, -0.25) is 9.48 Å². The highest BCUT2D eigenvalue weighted by atomic mass is 35.5. The van der Waals surface area contributed by atoms with Crippen LogP contribution < -0.4 is 5.56 Å². The Labute approximate surface area is 165 Å². The maximum absolute atomic E-state index is 12.8. The van der Waals surface area contributed by atoms with Crippen molar-refractivity contribution < 1.29 is 8.42 Å². The average Bonchev–Trinajstić information content (AvgIpc) is 3.01. The van der Waals surface area contributed by atoms with E-state index >= 15 is 0 Å². The van der Waals surface area contributed by atoms with E-state index in [9.17, 15) is 13.2 Å². The fourth-order valence-electron chi connectivity index (χ4n) is 2.94. The Bertz CT molecular complexity index is 1340. The molecule has 0 aliphatic carbocycles. The van der Waals surface area contributed by atoms with Gasteiger partial charge in [-0.05, 0) is 30.3 Å². The number of hydrogen-bond donors (Lipinski definition) is 0. The van der Waals surface area contributed by atoms with E-state index in [1.807, 2.05) is 0 Å². The molecular weight excluding hydrogens is 400 g/mol. The van der Waals surface area contributed by atoms with Gasteiger partial charge in [0.05, 0.1) is 32.9 Å². The van der Waals surface area contributed by atoms with Crippen LogP contribution in [0.25, 0.3) is 10.8 Å². The van der Waals surface area contributed by atoms with E-state index in [1.165, 1.54) is 41.2 Å². The summed E-state index contributed by atoms with van der Waals surface area (Å²) in [6, 6.07) is 12.5. The predicted octanol–water partition coefficient (Wildman–Crippen LogP) is 2.66. The molecule has 0 unspecified atom stereocenters. The second-order valence-corrected chi connectivity index (χ2v) is 8.63. The molecule has 2 aromatic heterocycles. The van der Waals surface area contributed by atoms with Crippen molar-refractivity contribution >= 4 is 32.2 Å². The van der Waals surface area contributed by atoms with E-state index in [4.69, 9.17) is 11.6 Å². The van der Waals surface area contributed by atoms with Crippen LogP contribution >= 0.6 is 11.6 Å². The summed E-state index contributed by atoms with van der Waals surface area (Å²) in [7, 11) is -1.93. The number of sulfone groups is 1. The van der Waals surface area contributed by atoms with Crippen LogP contribution in [0.2, 0.25) is 5.02 Å². The zero-order valence-corrected chi connectivity index (χ0v) is 16.4. The summed E-state index contributed by atoms with van der Waals surface area (Å²) < 4.78 is 28.4. The fraction of sp³-hybridized carbons (Fsp3) is 0.105. The van der Waals surface area contributed by atoms with E-state index in [0.717, 1.165) is 0 Å². The van der Waals surface area contributed by atoms with Gasteiger partial charge in [0.15, 0.2) is 0 Å². The molecule has 7 nitrogen and oxygen atoms in total. The standard InChI is InChI=1S/C19H15ClN4O3S/c1-23-11-17(20)18(22-23)12-24-19(25)16-8-7-15(9-13(16)10-21-24)28(26,27)14-5-3-2-4-6-14/h2-11H,12H2,1H3. The Morgan fingerprint density at radius 3 is 2.50 bits per heavy atom. The minimum absolute atomic E-state index is 0.109. The summed E-state index contributed by atoms with van der Waals surface area (Å²) in [5.74, 6) is 0. The van der Waals surface area contributed by atoms with Crippen molar-refractivity contribution in [1.82, 2.24) is 19.6 Å². The molecule has 142 valence electrons. The van der Waals surface area contributed by atoms with Crippen molar-refractivity contribution in [3.63, 3.8) is 0 Å². The molecule has 28 heavy (non-hydrogen) atoms. The monoisotopic (exact) mass is 414 g/mol. The molecule has 9 heteroatoms. The first-order chi connectivity index (χ1) is 13.4. The molecule has 0 spiro atoms. The third kappa shape index (κ3) is 3.21. The molecule has 0 fully saturated rings. The van der Waals surface area contributed by atoms with Crippen LogP contribution in [0.1, 0.15) is 5.69 Å². The van der Waals surface area contributed by atoms with Crippen molar-refractivity contribution in [2.75, 3.05) is 0 Å². The molecule has 0 aliphatic rings. The minimum Gasteiger partial charge on any atom is -0.274 e. The topological polar surface area (TPSA) is 86.9 Å². The van der Waals surface area contributed by atoms with E-state index in [0.29, 0.717) is 21.5 Å². The summed E-state index contributed by atoms with van der Waals surface area (Å²) in [6.45, 7) is 0.124. The maximum atomic E-state index is 12.8. The molecule has 0 radical (unpaired) electrons. The Balaban J connectivity index is 1.76. The van der Waals surface area contributed by atoms with E-state index in [-0.39, 0.29) is 21.9 Å². The molecule has 0 N–H and O–H groups in total. The van der Waals surface area contributed by atoms with Gasteiger partial charge in [0.25, 0.3) is 5.56 Å². The summed E-state index contributed by atoms with van der Waals surface area (Å²) in [5, 5.41) is 9.63. The van der Waals surface area contributed by atoms with Crippen LogP contribution in [0.4, 0.5) is 0 Å². The van der Waals surface area contributed by atoms with Gasteiger partial charge in [0.2, 0.25) is 9.84 Å². The zero-order valence-electron chi connectivity index (χ0n) is 14.8. The van der Waals surface area contributed by atoms with Crippen molar-refractivity contribution in [3.8, 4) is 0 Å². The van der Waals surface area contributed by atoms with E-state index in [1.54, 1.807) is 36.1 Å². The molecule has 2 aromatic carbocycles. The average molecular weight is 415 g/mol. The molecule has 0 bridgehead atoms. The van der Waals surface area contributed by atoms with Crippen LogP contribution in [0, 0.1) is 0 Å². The van der Waals surface area contributed by atoms with Crippen LogP contribution in [0.5, 0.6) is 0 Å². The normalized spacial score (nSPS) is 11.8. The van der Waals surface area contributed by atoms with Crippen molar-refractivity contribution in [1.29, 1.82) is 0 Å². The number of aromatic nitrogens is 4. The minimum atomic E-state index is -3.67. The molecule has 4 rings (SSSR count). The lowest BCUT2D eigenvalue weighted by atomic mass is 10.2. The van der Waals surface area contributed by atoms with Crippen molar-refractivity contribution in [3.05, 3.63) is 82.0 Å². The van der Waals surface area contributed by atoms with Gasteiger partial charge in [-0.2, -0.15) is 10.2 Å². The van der Waals surface area contributed by atoms with Gasteiger partial charge in [-0.25, -0.2) is 13.1 Å². The first kappa shape index (κ1) is 18.4. The van der Waals surface area contributed by atoms with Crippen LogP contribution in [-0.2, 0) is 23.4 Å². The van der Waals surface area contributed by atoms with Crippen molar-refractivity contribution in [2.45, 2.75) is 16.3 Å². The molecule has 0 amide bonds. The lowest BCUT2D eigenvalue weighted by molar-refractivity contribution is 0.596. The number of benzene rings is 2. The molecule has 2 heterocycles. The smallest absolute Gasteiger partial charge is 0.274 e. The number of halogens is 1. The molecule has 0 saturated carbocycles. The Morgan fingerprint density at radius 2 is 1.82 bits per heavy atom. The number of hydrogen-bond acceptors (Lipinski definition) is 5. The quantitative estimate of drug-likeness (QED) is 0.512. The SMILES string of the molecule is Cn1cc(Cl)c(Cn2ncc3cc(S(=O)(=O)c4ccccc4)ccc3c2=O)n1. The third-order valence-electron chi connectivity index (χ3n) is 4.34. The van der Waals surface area contributed by atoms with E-state index in [2.05, 4.69) is 10.2 Å². The van der Waals surface area contributed by atoms with Gasteiger partial charge < -0.3 is 0 Å². The van der Waals surface area contributed by atoms with Gasteiger partial charge in [-0.1, -0.05) is 29.8 Å². The van der Waals surface area contributed by atoms with Gasteiger partial charge in [0.1, 0.15) is 5.69 Å². The number of fused-ring (bicyclic) bond motifs is 1. The first-order valence-corrected chi connectivity index (χ1v) is 10.2. The molecule has 0 saturated heterocycles. The summed E-state index contributed by atoms with van der Waals surface area (Å²) >= 11 is 6.10. The zero-order chi connectivity index (χ0) is 19.9. The summed E-state index contributed by atoms with van der Waals surface area (Å²) in [5.41, 5.74) is 0.185. The third-order valence-corrected chi connectivity index (χ3v) is 6.42. The predicted molar refractivity (Wildman–Crippen MR) is 105 cm³/mol. The lowest BCUT2D eigenvalue weighted by Crippen LogP contribution is -2.23. The van der Waals surface area contributed by atoms with Crippen LogP contribution in [0.3, 0.4) is 0 Å². The number of nitrogens with zero attached hydrogens (tertiary/aromatic N) is 4. The summed E-state index contributed by atoms with van der Waals surface area (Å²) in [4.78, 5) is 13.1. The van der Waals surface area contributed by atoms with Crippen LogP contribution in [0.15, 0.2) is 75.5 Å². The first-order valence-electron chi connectivity index (χ1n) is 8.34. The maximum Gasteiger partial charge on any atom is 0.274 e. The van der Waals surface area contributed by atoms with Gasteiger partial charge in [-0.15, -0.1) is 0 Å². The Kier molecular flexibility index (Phi) is 4.52. The van der Waals surface area contributed by atoms with Crippen molar-refractivity contribution in [2.24, 2.45) is 7.05 Å². The Hall–Kier alpha value is -2.97. The molecular formula is C19H15ClN4O3S. The second-order valence-electron chi connectivity index (χ2n) is 6.27. The highest BCUT2D eigenvalue weighted by Crippen LogP contribution is 2.23. The van der Waals surface area contributed by atoms with E-state index < -0.39 is 9.84 Å². The fourth-order valence-corrected chi connectivity index (χ4v) is 4.49. The number of rotatable bonds is 4. The molecule has 4 aromatic rings. The highest BCUT2D eigenvalue weighted by Gasteiger charge is 2.18. The lowest BCUT2D eigenvalue weighted by Gasteiger charge is -2.08. The highest BCUT2D eigenvalue weighted by molar-refractivity contribution is 7.91. The summed E-state index contributed by atoms with van der Waals surface area (Å²) in [6.07, 6.45) is 3.11. The largest absolute Gasteiger partial charge is 0.274 e. The number of aryl methyl sites for hydroxylation is 1. The van der Waals surface area contributed by atoms with Gasteiger partial charge in [0, 0.05) is 18.6 Å². The Morgan fingerprint density at radius 1 is 1.07 bits per heavy atom.